The fourth-order valence-corrected chi connectivity index (χ4v) is 5.97. The Morgan fingerprint density at radius 3 is 2.36 bits per heavy atom. The molecule has 1 N–H and O–H groups in total. The summed E-state index contributed by atoms with van der Waals surface area (Å²) in [5.74, 6) is -2.30. The van der Waals surface area contributed by atoms with Crippen LogP contribution in [0, 0.1) is 11.6 Å². The van der Waals surface area contributed by atoms with Gasteiger partial charge in [-0.3, -0.25) is 0 Å². The highest BCUT2D eigenvalue weighted by atomic mass is 19.3. The Balaban J connectivity index is 1.21. The first kappa shape index (κ1) is 25.7. The number of benzene rings is 2. The number of carbonyl (C=O) groups is 1. The van der Waals surface area contributed by atoms with Crippen molar-refractivity contribution in [3.8, 4) is 17.0 Å². The monoisotopic (exact) mass is 546 g/mol. The Kier molecular flexibility index (Phi) is 6.70. The first-order chi connectivity index (χ1) is 18.8. The van der Waals surface area contributed by atoms with Gasteiger partial charge in [0.05, 0.1) is 18.3 Å². The lowest BCUT2D eigenvalue weighted by molar-refractivity contribution is -0.0494. The van der Waals surface area contributed by atoms with Gasteiger partial charge in [0.2, 0.25) is 0 Å². The van der Waals surface area contributed by atoms with Crippen LogP contribution in [0.5, 0.6) is 5.75 Å². The molecule has 1 aromatic heterocycles. The number of fused-ring (bicyclic) bond motifs is 2. The van der Waals surface area contributed by atoms with Gasteiger partial charge in [0.25, 0.3) is 0 Å². The zero-order chi connectivity index (χ0) is 27.3. The molecule has 6 rings (SSSR count). The predicted octanol–water partition coefficient (Wildman–Crippen LogP) is 6.51. The van der Waals surface area contributed by atoms with E-state index in [9.17, 15) is 22.4 Å². The summed E-state index contributed by atoms with van der Waals surface area (Å²) in [6.45, 7) is -2.84. The van der Waals surface area contributed by atoms with E-state index < -0.39 is 29.8 Å². The second kappa shape index (κ2) is 10.2. The SMILES string of the molecule is O=C(O)c1cc(F)c(N2C3CCC2CC(OCc2c(-c4ccccc4OC(F)F)noc2C2CC2)C3)c(F)c1. The maximum absolute atomic E-state index is 14.9. The van der Waals surface area contributed by atoms with Crippen LogP contribution in [0.15, 0.2) is 40.9 Å². The number of carboxylic acid groups (broad SMARTS) is 1. The fourth-order valence-electron chi connectivity index (χ4n) is 5.97. The number of aromatic nitrogens is 1. The molecule has 3 heterocycles. The highest BCUT2D eigenvalue weighted by molar-refractivity contribution is 5.88. The first-order valence-corrected chi connectivity index (χ1v) is 12.9. The molecule has 3 aliphatic rings. The van der Waals surface area contributed by atoms with E-state index in [1.54, 1.807) is 23.1 Å². The van der Waals surface area contributed by atoms with Gasteiger partial charge in [-0.15, -0.1) is 0 Å². The Morgan fingerprint density at radius 2 is 1.74 bits per heavy atom. The number of aromatic carboxylic acids is 1. The van der Waals surface area contributed by atoms with E-state index in [1.165, 1.54) is 6.07 Å². The number of para-hydroxylation sites is 1. The average Bonchev–Trinajstić information content (AvgIpc) is 3.60. The number of hydrogen-bond acceptors (Lipinski definition) is 6. The zero-order valence-corrected chi connectivity index (χ0v) is 20.8. The van der Waals surface area contributed by atoms with Crippen molar-refractivity contribution in [2.75, 3.05) is 4.90 Å². The van der Waals surface area contributed by atoms with E-state index >= 15 is 0 Å². The van der Waals surface area contributed by atoms with Crippen LogP contribution in [-0.4, -0.2) is 41.0 Å². The summed E-state index contributed by atoms with van der Waals surface area (Å²) in [6, 6.07) is 7.77. The Bertz CT molecular complexity index is 1360. The van der Waals surface area contributed by atoms with Gasteiger partial charge >= 0.3 is 12.6 Å². The van der Waals surface area contributed by atoms with E-state index in [0.717, 1.165) is 37.8 Å². The van der Waals surface area contributed by atoms with Gasteiger partial charge in [0.1, 0.15) is 34.5 Å². The Morgan fingerprint density at radius 1 is 1.08 bits per heavy atom. The molecule has 39 heavy (non-hydrogen) atoms. The summed E-state index contributed by atoms with van der Waals surface area (Å²) in [6.07, 6.45) is 4.20. The van der Waals surface area contributed by atoms with Crippen molar-refractivity contribution in [2.24, 2.45) is 0 Å². The maximum atomic E-state index is 14.9. The summed E-state index contributed by atoms with van der Waals surface area (Å²) < 4.78 is 72.4. The molecule has 2 aromatic carbocycles. The van der Waals surface area contributed by atoms with E-state index in [-0.39, 0.29) is 42.1 Å². The van der Waals surface area contributed by atoms with Crippen LogP contribution in [-0.2, 0) is 11.3 Å². The smallest absolute Gasteiger partial charge is 0.387 e. The first-order valence-electron chi connectivity index (χ1n) is 12.9. The van der Waals surface area contributed by atoms with Crippen LogP contribution in [0.2, 0.25) is 0 Å². The number of carboxylic acids is 1. The number of nitrogens with zero attached hydrogens (tertiary/aromatic N) is 2. The molecule has 0 radical (unpaired) electrons. The third-order valence-corrected chi connectivity index (χ3v) is 7.80. The van der Waals surface area contributed by atoms with Crippen LogP contribution in [0.3, 0.4) is 0 Å². The number of rotatable bonds is 9. The largest absolute Gasteiger partial charge is 0.478 e. The van der Waals surface area contributed by atoms with Crippen molar-refractivity contribution in [2.45, 2.75) is 75.8 Å². The van der Waals surface area contributed by atoms with Gasteiger partial charge in [-0.25, -0.2) is 13.6 Å². The van der Waals surface area contributed by atoms with Crippen LogP contribution in [0.1, 0.15) is 66.1 Å². The molecule has 0 amide bonds. The molecule has 1 aliphatic carbocycles. The van der Waals surface area contributed by atoms with Gasteiger partial charge in [0, 0.05) is 29.1 Å². The molecule has 1 saturated carbocycles. The second-order valence-corrected chi connectivity index (χ2v) is 10.3. The van der Waals surface area contributed by atoms with Gasteiger partial charge in [-0.05, 0) is 62.8 Å². The van der Waals surface area contributed by atoms with E-state index in [0.29, 0.717) is 35.4 Å². The van der Waals surface area contributed by atoms with Crippen molar-refractivity contribution in [3.05, 3.63) is 64.9 Å². The summed E-state index contributed by atoms with van der Waals surface area (Å²) >= 11 is 0. The van der Waals surface area contributed by atoms with Crippen LogP contribution >= 0.6 is 0 Å². The van der Waals surface area contributed by atoms with Crippen molar-refractivity contribution >= 4 is 11.7 Å². The minimum atomic E-state index is -2.99. The average molecular weight is 547 g/mol. The quantitative estimate of drug-likeness (QED) is 0.306. The van der Waals surface area contributed by atoms with E-state index in [2.05, 4.69) is 5.16 Å². The minimum Gasteiger partial charge on any atom is -0.478 e. The Labute approximate surface area is 221 Å². The lowest BCUT2D eigenvalue weighted by atomic mass is 9.97. The van der Waals surface area contributed by atoms with Crippen molar-refractivity contribution < 1.29 is 41.5 Å². The number of hydrogen-bond donors (Lipinski definition) is 1. The lowest BCUT2D eigenvalue weighted by Gasteiger charge is -2.40. The zero-order valence-electron chi connectivity index (χ0n) is 20.8. The fraction of sp³-hybridized carbons (Fsp3) is 0.429. The van der Waals surface area contributed by atoms with Gasteiger partial charge < -0.3 is 24.0 Å². The van der Waals surface area contributed by atoms with Gasteiger partial charge in [0.15, 0.2) is 0 Å². The summed E-state index contributed by atoms with van der Waals surface area (Å²) in [7, 11) is 0. The van der Waals surface area contributed by atoms with Gasteiger partial charge in [-0.1, -0.05) is 17.3 Å². The molecule has 2 aliphatic heterocycles. The molecule has 7 nitrogen and oxygen atoms in total. The third-order valence-electron chi connectivity index (χ3n) is 7.80. The topological polar surface area (TPSA) is 85.0 Å². The number of piperidine rings is 1. The van der Waals surface area contributed by atoms with Crippen molar-refractivity contribution in [1.82, 2.24) is 5.16 Å². The maximum Gasteiger partial charge on any atom is 0.387 e. The van der Waals surface area contributed by atoms with Crippen molar-refractivity contribution in [3.63, 3.8) is 0 Å². The molecule has 2 unspecified atom stereocenters. The summed E-state index contributed by atoms with van der Waals surface area (Å²) in [5.41, 5.74) is 0.850. The molecule has 11 heteroatoms. The van der Waals surface area contributed by atoms with Crippen LogP contribution in [0.25, 0.3) is 11.3 Å². The summed E-state index contributed by atoms with van der Waals surface area (Å²) in [5, 5.41) is 13.3. The molecule has 3 aromatic rings. The molecule has 0 spiro atoms. The molecule has 206 valence electrons. The Hall–Kier alpha value is -3.60. The molecular weight excluding hydrogens is 520 g/mol. The predicted molar refractivity (Wildman–Crippen MR) is 131 cm³/mol. The van der Waals surface area contributed by atoms with E-state index in [1.807, 2.05) is 0 Å². The standard InChI is InChI=1S/C28H26F4N2O5/c29-21-9-15(27(35)36)10-22(30)25(21)34-16-7-8-17(34)12-18(11-16)37-13-20-24(33-39-26(20)14-5-6-14)19-3-1-2-4-23(19)38-28(31)32/h1-4,9-10,14,16-18,28H,5-8,11-13H2,(H,35,36). The third kappa shape index (κ3) is 4.95. The minimum absolute atomic E-state index is 0.00582. The number of ether oxygens (including phenoxy) is 2. The lowest BCUT2D eigenvalue weighted by Crippen LogP contribution is -2.46. The van der Waals surface area contributed by atoms with Crippen LogP contribution < -0.4 is 9.64 Å². The number of halogens is 4. The van der Waals surface area contributed by atoms with Crippen molar-refractivity contribution in [1.29, 1.82) is 0 Å². The molecular formula is C28H26F4N2O5. The molecule has 2 atom stereocenters. The molecule has 2 saturated heterocycles. The van der Waals surface area contributed by atoms with Gasteiger partial charge in [-0.2, -0.15) is 8.78 Å². The summed E-state index contributed by atoms with van der Waals surface area (Å²) in [4.78, 5) is 12.9. The molecule has 2 bridgehead atoms. The number of alkyl halides is 2. The van der Waals surface area contributed by atoms with E-state index in [4.69, 9.17) is 19.1 Å². The molecule has 3 fully saturated rings. The number of anilines is 1. The highest BCUT2D eigenvalue weighted by Crippen LogP contribution is 2.46. The second-order valence-electron chi connectivity index (χ2n) is 10.3. The highest BCUT2D eigenvalue weighted by Gasteiger charge is 2.44. The van der Waals surface area contributed by atoms with Crippen LogP contribution in [0.4, 0.5) is 23.2 Å². The normalized spacial score (nSPS) is 22.5.